The normalized spacial score (nSPS) is 33.0. The largest absolute Gasteiger partial charge is 0.310 e. The van der Waals surface area contributed by atoms with Crippen LogP contribution in [-0.4, -0.2) is 30.1 Å². The van der Waals surface area contributed by atoms with Gasteiger partial charge in [-0.25, -0.2) is 0 Å². The van der Waals surface area contributed by atoms with Crippen LogP contribution in [0.4, 0.5) is 0 Å². The first-order valence-corrected chi connectivity index (χ1v) is 8.21. The minimum Gasteiger partial charge on any atom is -0.310 e. The molecule has 20 heavy (non-hydrogen) atoms. The Morgan fingerprint density at radius 3 is 2.60 bits per heavy atom. The van der Waals surface area contributed by atoms with Crippen LogP contribution in [0, 0.1) is 5.92 Å². The Balaban J connectivity index is 1.87. The zero-order valence-corrected chi connectivity index (χ0v) is 13.1. The Hall–Kier alpha value is -0.860. The number of benzene rings is 1. The van der Waals surface area contributed by atoms with E-state index in [0.29, 0.717) is 12.1 Å². The molecule has 110 valence electrons. The molecule has 2 fully saturated rings. The van der Waals surface area contributed by atoms with Crippen molar-refractivity contribution in [1.82, 2.24) is 10.2 Å². The van der Waals surface area contributed by atoms with Crippen molar-refractivity contribution in [2.24, 2.45) is 5.92 Å². The van der Waals surface area contributed by atoms with Crippen LogP contribution in [0.1, 0.15) is 45.6 Å². The standard InChI is InChI=1S/C18H28N2/c1-4-14(2)20-12-17(15-10-11-15)19-13-18(20,3)16-8-6-5-7-9-16/h5-9,14-15,17,19H,4,10-13H2,1-3H3. The minimum atomic E-state index is 0.127. The fourth-order valence-electron chi connectivity index (χ4n) is 3.68. The van der Waals surface area contributed by atoms with Gasteiger partial charge < -0.3 is 5.32 Å². The molecule has 0 spiro atoms. The maximum absolute atomic E-state index is 3.84. The molecule has 3 unspecified atom stereocenters. The smallest absolute Gasteiger partial charge is 0.0560 e. The summed E-state index contributed by atoms with van der Waals surface area (Å²) in [5.74, 6) is 0.932. The molecule has 1 heterocycles. The van der Waals surface area contributed by atoms with Gasteiger partial charge in [0.15, 0.2) is 0 Å². The molecule has 3 atom stereocenters. The fourth-order valence-corrected chi connectivity index (χ4v) is 3.68. The van der Waals surface area contributed by atoms with Crippen LogP contribution in [-0.2, 0) is 5.54 Å². The van der Waals surface area contributed by atoms with E-state index in [9.17, 15) is 0 Å². The van der Waals surface area contributed by atoms with E-state index in [4.69, 9.17) is 0 Å². The second kappa shape index (κ2) is 5.50. The van der Waals surface area contributed by atoms with Crippen LogP contribution >= 0.6 is 0 Å². The third kappa shape index (κ3) is 2.51. The molecule has 0 aromatic heterocycles. The van der Waals surface area contributed by atoms with Crippen LogP contribution in [0.5, 0.6) is 0 Å². The second-order valence-corrected chi connectivity index (χ2v) is 6.87. The summed E-state index contributed by atoms with van der Waals surface area (Å²) in [6.45, 7) is 9.37. The third-order valence-corrected chi connectivity index (χ3v) is 5.45. The zero-order chi connectivity index (χ0) is 14.2. The van der Waals surface area contributed by atoms with E-state index < -0.39 is 0 Å². The van der Waals surface area contributed by atoms with Crippen LogP contribution in [0.25, 0.3) is 0 Å². The van der Waals surface area contributed by atoms with Crippen molar-refractivity contribution >= 4 is 0 Å². The van der Waals surface area contributed by atoms with Gasteiger partial charge in [0.05, 0.1) is 5.54 Å². The zero-order valence-electron chi connectivity index (χ0n) is 13.1. The highest BCUT2D eigenvalue weighted by molar-refractivity contribution is 5.26. The number of rotatable bonds is 4. The van der Waals surface area contributed by atoms with Crippen LogP contribution in [0.3, 0.4) is 0 Å². The predicted octanol–water partition coefficient (Wildman–Crippen LogP) is 3.38. The first kappa shape index (κ1) is 14.1. The van der Waals surface area contributed by atoms with Gasteiger partial charge in [-0.15, -0.1) is 0 Å². The summed E-state index contributed by atoms with van der Waals surface area (Å²) in [7, 11) is 0. The molecule has 1 saturated heterocycles. The quantitative estimate of drug-likeness (QED) is 0.904. The first-order chi connectivity index (χ1) is 9.65. The predicted molar refractivity (Wildman–Crippen MR) is 84.8 cm³/mol. The summed E-state index contributed by atoms with van der Waals surface area (Å²) in [6, 6.07) is 12.4. The van der Waals surface area contributed by atoms with Crippen molar-refractivity contribution in [2.45, 2.75) is 57.7 Å². The van der Waals surface area contributed by atoms with Gasteiger partial charge in [0.2, 0.25) is 0 Å². The summed E-state index contributed by atoms with van der Waals surface area (Å²) >= 11 is 0. The van der Waals surface area contributed by atoms with Gasteiger partial charge in [-0.1, -0.05) is 37.3 Å². The van der Waals surface area contributed by atoms with Crippen LogP contribution in [0.15, 0.2) is 30.3 Å². The lowest BCUT2D eigenvalue weighted by molar-refractivity contribution is 0.0104. The summed E-state index contributed by atoms with van der Waals surface area (Å²) < 4.78 is 0. The van der Waals surface area contributed by atoms with Crippen LogP contribution < -0.4 is 5.32 Å². The molecule has 2 aliphatic rings. The molecular formula is C18H28N2. The number of hydrogen-bond donors (Lipinski definition) is 1. The van der Waals surface area contributed by atoms with E-state index in [1.807, 2.05) is 0 Å². The van der Waals surface area contributed by atoms with E-state index in [-0.39, 0.29) is 5.54 Å². The van der Waals surface area contributed by atoms with Crippen molar-refractivity contribution in [3.8, 4) is 0 Å². The monoisotopic (exact) mass is 272 g/mol. The average Bonchev–Trinajstić information content (AvgIpc) is 3.32. The number of nitrogens with one attached hydrogen (secondary N) is 1. The first-order valence-electron chi connectivity index (χ1n) is 8.21. The Bertz CT molecular complexity index is 440. The molecule has 1 aromatic carbocycles. The molecule has 3 rings (SSSR count). The van der Waals surface area contributed by atoms with E-state index in [1.54, 1.807) is 0 Å². The summed E-state index contributed by atoms with van der Waals surface area (Å²) in [6.07, 6.45) is 4.07. The Labute approximate surface area is 123 Å². The van der Waals surface area contributed by atoms with E-state index >= 15 is 0 Å². The summed E-state index contributed by atoms with van der Waals surface area (Å²) in [5, 5.41) is 3.84. The van der Waals surface area contributed by atoms with E-state index in [1.165, 1.54) is 31.4 Å². The highest BCUT2D eigenvalue weighted by Crippen LogP contribution is 2.39. The van der Waals surface area contributed by atoms with Gasteiger partial charge >= 0.3 is 0 Å². The fraction of sp³-hybridized carbons (Fsp3) is 0.667. The molecule has 1 N–H and O–H groups in total. The lowest BCUT2D eigenvalue weighted by Crippen LogP contribution is -2.64. The topological polar surface area (TPSA) is 15.3 Å². The maximum Gasteiger partial charge on any atom is 0.0560 e. The molecule has 0 amide bonds. The van der Waals surface area contributed by atoms with Gasteiger partial charge in [-0.3, -0.25) is 4.90 Å². The van der Waals surface area contributed by atoms with Gasteiger partial charge in [0.1, 0.15) is 0 Å². The molecule has 0 bridgehead atoms. The lowest BCUT2D eigenvalue weighted by Gasteiger charge is -2.51. The third-order valence-electron chi connectivity index (χ3n) is 5.45. The lowest BCUT2D eigenvalue weighted by atomic mass is 9.84. The average molecular weight is 272 g/mol. The number of nitrogens with zero attached hydrogens (tertiary/aromatic N) is 1. The highest BCUT2D eigenvalue weighted by Gasteiger charge is 2.44. The van der Waals surface area contributed by atoms with Crippen molar-refractivity contribution in [2.75, 3.05) is 13.1 Å². The minimum absolute atomic E-state index is 0.127. The van der Waals surface area contributed by atoms with Crippen molar-refractivity contribution < 1.29 is 0 Å². The molecule has 1 aliphatic heterocycles. The second-order valence-electron chi connectivity index (χ2n) is 6.87. The molecular weight excluding hydrogens is 244 g/mol. The van der Waals surface area contributed by atoms with Crippen molar-refractivity contribution in [3.63, 3.8) is 0 Å². The van der Waals surface area contributed by atoms with Gasteiger partial charge in [0, 0.05) is 25.2 Å². The Kier molecular flexibility index (Phi) is 3.87. The van der Waals surface area contributed by atoms with E-state index in [2.05, 4.69) is 61.3 Å². The van der Waals surface area contributed by atoms with Gasteiger partial charge in [-0.05, 0) is 44.6 Å². The molecule has 1 aliphatic carbocycles. The maximum atomic E-state index is 3.84. The van der Waals surface area contributed by atoms with Gasteiger partial charge in [-0.2, -0.15) is 0 Å². The molecule has 2 nitrogen and oxygen atoms in total. The van der Waals surface area contributed by atoms with E-state index in [0.717, 1.165) is 12.5 Å². The summed E-state index contributed by atoms with van der Waals surface area (Å²) in [5.41, 5.74) is 1.57. The summed E-state index contributed by atoms with van der Waals surface area (Å²) in [4.78, 5) is 2.75. The Morgan fingerprint density at radius 1 is 1.30 bits per heavy atom. The highest BCUT2D eigenvalue weighted by atomic mass is 15.3. The van der Waals surface area contributed by atoms with Crippen LogP contribution in [0.2, 0.25) is 0 Å². The SMILES string of the molecule is CCC(C)N1CC(C2CC2)NCC1(C)c1ccccc1. The molecule has 1 aromatic rings. The molecule has 0 radical (unpaired) electrons. The number of piperazine rings is 1. The Morgan fingerprint density at radius 2 is 2.00 bits per heavy atom. The van der Waals surface area contributed by atoms with Gasteiger partial charge in [0.25, 0.3) is 0 Å². The molecule has 2 heteroatoms. The van der Waals surface area contributed by atoms with Crippen molar-refractivity contribution in [3.05, 3.63) is 35.9 Å². The van der Waals surface area contributed by atoms with Crippen molar-refractivity contribution in [1.29, 1.82) is 0 Å². The number of hydrogen-bond acceptors (Lipinski definition) is 2. The molecule has 1 saturated carbocycles.